The van der Waals surface area contributed by atoms with Gasteiger partial charge in [0.15, 0.2) is 9.84 Å². The molecule has 6 aliphatic rings. The SMILES string of the molecule is C=CC.CC(C)(CC(=O)O)CC(=O)OC1CCC2(C)C(CCC3(C)C2CCC2C4CCCC4(NCCN4CCS(=O)(=O)CC4)CC[C@]23C)C1(C)C. The Morgan fingerprint density at radius 2 is 1.55 bits per heavy atom. The number of hydrogen-bond donors (Lipinski definition) is 2. The number of rotatable bonds is 9. The predicted molar refractivity (Wildman–Crippen MR) is 205 cm³/mol. The number of carboxylic acid groups (broad SMARTS) is 1. The monoisotopic (exact) mass is 733 g/mol. The highest BCUT2D eigenvalue weighted by atomic mass is 32.2. The number of fused-ring (bicyclic) bond motifs is 7. The smallest absolute Gasteiger partial charge is 0.306 e. The van der Waals surface area contributed by atoms with Gasteiger partial charge in [0.2, 0.25) is 0 Å². The summed E-state index contributed by atoms with van der Waals surface area (Å²) in [4.78, 5) is 26.8. The second kappa shape index (κ2) is 14.7. The summed E-state index contributed by atoms with van der Waals surface area (Å²) in [6, 6.07) is 0. The lowest BCUT2D eigenvalue weighted by Crippen LogP contribution is -2.68. The fourth-order valence-corrected chi connectivity index (χ4v) is 14.8. The van der Waals surface area contributed by atoms with Crippen LogP contribution in [0.15, 0.2) is 12.7 Å². The minimum Gasteiger partial charge on any atom is -0.481 e. The maximum Gasteiger partial charge on any atom is 0.306 e. The van der Waals surface area contributed by atoms with Gasteiger partial charge in [0, 0.05) is 37.1 Å². The summed E-state index contributed by atoms with van der Waals surface area (Å²) in [5.41, 5.74) is 0.292. The fraction of sp³-hybridized carbons (Fsp3) is 0.905. The molecule has 1 aliphatic heterocycles. The van der Waals surface area contributed by atoms with Gasteiger partial charge < -0.3 is 20.1 Å². The number of nitrogens with zero attached hydrogens (tertiary/aromatic N) is 1. The molecule has 6 rings (SSSR count). The Kier molecular flexibility index (Phi) is 11.7. The van der Waals surface area contributed by atoms with E-state index < -0.39 is 21.2 Å². The fourth-order valence-electron chi connectivity index (χ4n) is 13.6. The molecule has 0 aromatic rings. The van der Waals surface area contributed by atoms with Crippen molar-refractivity contribution in [2.45, 2.75) is 151 Å². The number of nitrogens with one attached hydrogen (secondary N) is 1. The van der Waals surface area contributed by atoms with Gasteiger partial charge in [-0.25, -0.2) is 8.42 Å². The van der Waals surface area contributed by atoms with Gasteiger partial charge in [0.25, 0.3) is 0 Å². The molecule has 0 radical (unpaired) electrons. The van der Waals surface area contributed by atoms with Crippen molar-refractivity contribution < 1.29 is 27.9 Å². The van der Waals surface area contributed by atoms with Gasteiger partial charge in [0.05, 0.1) is 24.3 Å². The molecule has 0 bridgehead atoms. The molecular weight excluding hydrogens is 661 g/mol. The Morgan fingerprint density at radius 3 is 2.20 bits per heavy atom. The zero-order valence-corrected chi connectivity index (χ0v) is 34.3. The van der Waals surface area contributed by atoms with Crippen molar-refractivity contribution in [1.29, 1.82) is 0 Å². The van der Waals surface area contributed by atoms with Gasteiger partial charge >= 0.3 is 11.9 Å². The van der Waals surface area contributed by atoms with E-state index in [1.165, 1.54) is 57.8 Å². The van der Waals surface area contributed by atoms with Crippen LogP contribution in [0.1, 0.15) is 139 Å². The van der Waals surface area contributed by atoms with E-state index in [4.69, 9.17) is 4.74 Å². The molecule has 9 atom stereocenters. The number of hydrogen-bond acceptors (Lipinski definition) is 7. The van der Waals surface area contributed by atoms with E-state index in [1.807, 2.05) is 20.8 Å². The molecule has 0 amide bonds. The van der Waals surface area contributed by atoms with Gasteiger partial charge in [-0.15, -0.1) is 6.58 Å². The second-order valence-electron chi connectivity index (χ2n) is 19.9. The van der Waals surface area contributed by atoms with Crippen LogP contribution in [0.25, 0.3) is 0 Å². The lowest BCUT2D eigenvalue weighted by Gasteiger charge is -2.72. The molecule has 1 heterocycles. The molecule has 8 unspecified atom stereocenters. The van der Waals surface area contributed by atoms with Crippen molar-refractivity contribution >= 4 is 21.8 Å². The van der Waals surface area contributed by atoms with E-state index in [1.54, 1.807) is 6.08 Å². The summed E-state index contributed by atoms with van der Waals surface area (Å²) in [7, 11) is -2.85. The summed E-state index contributed by atoms with van der Waals surface area (Å²) in [6.07, 6.45) is 15.2. The van der Waals surface area contributed by atoms with E-state index in [0.717, 1.165) is 37.8 Å². The Bertz CT molecular complexity index is 1400. The first kappa shape index (κ1) is 40.7. The summed E-state index contributed by atoms with van der Waals surface area (Å²) < 4.78 is 30.1. The lowest BCUT2D eigenvalue weighted by molar-refractivity contribution is -0.245. The second-order valence-corrected chi connectivity index (χ2v) is 22.2. The molecule has 1 saturated heterocycles. The van der Waals surface area contributed by atoms with Crippen molar-refractivity contribution in [2.75, 3.05) is 37.7 Å². The molecule has 2 N–H and O–H groups in total. The summed E-state index contributed by atoms with van der Waals surface area (Å²) in [5.74, 6) is 2.08. The number of carbonyl (C=O) groups excluding carboxylic acids is 1. The van der Waals surface area contributed by atoms with E-state index in [9.17, 15) is 23.1 Å². The normalized spacial score (nSPS) is 41.4. The summed E-state index contributed by atoms with van der Waals surface area (Å²) in [5, 5.41) is 13.5. The number of esters is 1. The highest BCUT2D eigenvalue weighted by Gasteiger charge is 2.70. The Hall–Kier alpha value is -1.45. The van der Waals surface area contributed by atoms with E-state index in [0.29, 0.717) is 41.8 Å². The van der Waals surface area contributed by atoms with Crippen LogP contribution in [0.4, 0.5) is 0 Å². The topological polar surface area (TPSA) is 113 Å². The number of carboxylic acids is 1. The molecule has 5 saturated carbocycles. The third kappa shape index (κ3) is 7.61. The molecule has 5 aliphatic carbocycles. The van der Waals surface area contributed by atoms with Crippen LogP contribution < -0.4 is 5.32 Å². The highest BCUT2D eigenvalue weighted by molar-refractivity contribution is 7.91. The molecule has 0 spiro atoms. The van der Waals surface area contributed by atoms with Crippen LogP contribution >= 0.6 is 0 Å². The third-order valence-electron chi connectivity index (χ3n) is 16.2. The minimum absolute atomic E-state index is 0.0399. The molecule has 51 heavy (non-hydrogen) atoms. The van der Waals surface area contributed by atoms with Crippen LogP contribution in [0.5, 0.6) is 0 Å². The summed E-state index contributed by atoms with van der Waals surface area (Å²) in [6.45, 7) is 24.8. The number of aliphatic carboxylic acids is 1. The zero-order chi connectivity index (χ0) is 37.7. The molecule has 0 aromatic carbocycles. The number of carbonyl (C=O) groups is 2. The van der Waals surface area contributed by atoms with Gasteiger partial charge in [0.1, 0.15) is 6.10 Å². The van der Waals surface area contributed by atoms with Crippen LogP contribution in [0, 0.1) is 50.7 Å². The lowest BCUT2D eigenvalue weighted by atomic mass is 9.33. The Labute approximate surface area is 310 Å². The first-order valence-electron chi connectivity index (χ1n) is 20.3. The van der Waals surface area contributed by atoms with Gasteiger partial charge in [-0.2, -0.15) is 0 Å². The maximum atomic E-state index is 13.2. The number of allylic oxidation sites excluding steroid dienone is 1. The standard InChI is InChI=1S/C39H66N2O6S.C3H6/c1-34(2,25-32(42)43)26-33(44)47-31-13-15-36(5)29(35(31,3)4)12-16-38(7)30(36)11-10-27-28-9-8-14-39(28,18-17-37(27,38)6)40-19-20-41-21-23-48(45,46)24-22-41;1-3-2/h27-31,40H,8-26H2,1-7H3,(H,42,43);3H,1H2,2H3/t27?,28?,29?,30?,31?,36?,37-,38?,39?;/m1./s1. The van der Waals surface area contributed by atoms with Crippen molar-refractivity contribution in [3.8, 4) is 0 Å². The van der Waals surface area contributed by atoms with Gasteiger partial charge in [-0.1, -0.05) is 61.0 Å². The van der Waals surface area contributed by atoms with E-state index in [-0.39, 0.29) is 46.7 Å². The van der Waals surface area contributed by atoms with Crippen LogP contribution in [0.3, 0.4) is 0 Å². The average Bonchev–Trinajstić information content (AvgIpc) is 3.43. The molecule has 292 valence electrons. The van der Waals surface area contributed by atoms with Gasteiger partial charge in [-0.05, 0) is 116 Å². The van der Waals surface area contributed by atoms with Crippen molar-refractivity contribution in [2.24, 2.45) is 50.7 Å². The largest absolute Gasteiger partial charge is 0.481 e. The van der Waals surface area contributed by atoms with Crippen LogP contribution in [0.2, 0.25) is 0 Å². The number of ether oxygens (including phenoxy) is 1. The Balaban J connectivity index is 0.00000162. The van der Waals surface area contributed by atoms with E-state index in [2.05, 4.69) is 51.4 Å². The third-order valence-corrected chi connectivity index (χ3v) is 17.8. The van der Waals surface area contributed by atoms with E-state index >= 15 is 0 Å². The molecule has 0 aromatic heterocycles. The van der Waals surface area contributed by atoms with Gasteiger partial charge in [-0.3, -0.25) is 9.59 Å². The molecule has 9 heteroatoms. The maximum absolute atomic E-state index is 13.2. The molecule has 6 fully saturated rings. The van der Waals surface area contributed by atoms with Crippen molar-refractivity contribution in [3.05, 3.63) is 12.7 Å². The van der Waals surface area contributed by atoms with Crippen LogP contribution in [-0.4, -0.2) is 79.7 Å². The van der Waals surface area contributed by atoms with Crippen LogP contribution in [-0.2, 0) is 24.2 Å². The summed E-state index contributed by atoms with van der Waals surface area (Å²) >= 11 is 0. The molecular formula is C42H72N2O6S. The Morgan fingerprint density at radius 1 is 0.882 bits per heavy atom. The minimum atomic E-state index is -2.85. The predicted octanol–water partition coefficient (Wildman–Crippen LogP) is 7.91. The average molecular weight is 733 g/mol. The van der Waals surface area contributed by atoms with Crippen molar-refractivity contribution in [1.82, 2.24) is 10.2 Å². The zero-order valence-electron chi connectivity index (χ0n) is 33.5. The first-order valence-corrected chi connectivity index (χ1v) is 22.2. The van der Waals surface area contributed by atoms with Crippen molar-refractivity contribution in [3.63, 3.8) is 0 Å². The first-order chi connectivity index (χ1) is 23.7. The quantitative estimate of drug-likeness (QED) is 0.182. The highest BCUT2D eigenvalue weighted by Crippen LogP contribution is 2.76. The molecule has 8 nitrogen and oxygen atoms in total. The number of sulfone groups is 1.